The summed E-state index contributed by atoms with van der Waals surface area (Å²) in [4.78, 5) is 11.1. The molecule has 20 heavy (non-hydrogen) atoms. The molecule has 2 N–H and O–H groups in total. The Kier molecular flexibility index (Phi) is 5.28. The summed E-state index contributed by atoms with van der Waals surface area (Å²) >= 11 is 2.96. The number of carbonyl (C=O) groups is 1. The quantitative estimate of drug-likeness (QED) is 0.808. The molecular weight excluding hydrogens is 353 g/mol. The zero-order valence-corrected chi connectivity index (χ0v) is 13.4. The number of rotatable bonds is 6. The van der Waals surface area contributed by atoms with Gasteiger partial charge in [0.15, 0.2) is 0 Å². The van der Waals surface area contributed by atoms with Gasteiger partial charge in [-0.2, -0.15) is 4.72 Å². The summed E-state index contributed by atoms with van der Waals surface area (Å²) in [5.74, 6) is -1.86. The van der Waals surface area contributed by atoms with E-state index >= 15 is 0 Å². The predicted octanol–water partition coefficient (Wildman–Crippen LogP) is 2.51. The number of nitrogens with one attached hydrogen (secondary N) is 1. The summed E-state index contributed by atoms with van der Waals surface area (Å²) in [7, 11) is -4.08. The molecule has 0 bridgehead atoms. The highest BCUT2D eigenvalue weighted by Gasteiger charge is 2.37. The van der Waals surface area contributed by atoms with Crippen molar-refractivity contribution in [3.05, 3.63) is 28.5 Å². The van der Waals surface area contributed by atoms with Gasteiger partial charge in [0, 0.05) is 4.47 Å². The standard InChI is InChI=1S/C12H15BrFNO4S/c1-3-6-12(2,11(16)17)15-20(18,19)10-5-4-8(14)7-9(10)13/h4-5,7,15H,3,6H2,1-2H3,(H,16,17). The molecule has 0 amide bonds. The molecule has 0 fully saturated rings. The number of carboxylic acids is 1. The van der Waals surface area contributed by atoms with Gasteiger partial charge in [0.25, 0.3) is 0 Å². The molecule has 1 aromatic rings. The summed E-state index contributed by atoms with van der Waals surface area (Å²) in [6.07, 6.45) is 0.635. The minimum absolute atomic E-state index is 0.0363. The minimum Gasteiger partial charge on any atom is -0.480 e. The summed E-state index contributed by atoms with van der Waals surface area (Å²) in [5, 5.41) is 9.19. The first kappa shape index (κ1) is 17.1. The maximum absolute atomic E-state index is 13.0. The van der Waals surface area contributed by atoms with E-state index in [2.05, 4.69) is 20.7 Å². The molecule has 1 aromatic carbocycles. The van der Waals surface area contributed by atoms with Crippen LogP contribution in [0.15, 0.2) is 27.6 Å². The van der Waals surface area contributed by atoms with Crippen LogP contribution in [0.2, 0.25) is 0 Å². The van der Waals surface area contributed by atoms with E-state index in [-0.39, 0.29) is 15.8 Å². The first-order valence-electron chi connectivity index (χ1n) is 5.85. The second-order valence-electron chi connectivity index (χ2n) is 4.57. The van der Waals surface area contributed by atoms with E-state index < -0.39 is 27.3 Å². The normalized spacial score (nSPS) is 14.8. The highest BCUT2D eigenvalue weighted by atomic mass is 79.9. The van der Waals surface area contributed by atoms with Crippen LogP contribution in [-0.2, 0) is 14.8 Å². The average Bonchev–Trinajstić information content (AvgIpc) is 2.27. The average molecular weight is 368 g/mol. The molecule has 1 rings (SSSR count). The molecule has 0 aliphatic rings. The van der Waals surface area contributed by atoms with E-state index in [0.717, 1.165) is 18.2 Å². The second-order valence-corrected chi connectivity index (χ2v) is 7.07. The Hall–Kier alpha value is -0.990. The van der Waals surface area contributed by atoms with Crippen LogP contribution in [0.1, 0.15) is 26.7 Å². The van der Waals surface area contributed by atoms with Gasteiger partial charge in [-0.25, -0.2) is 12.8 Å². The van der Waals surface area contributed by atoms with E-state index in [1.54, 1.807) is 6.92 Å². The zero-order chi connectivity index (χ0) is 15.6. The lowest BCUT2D eigenvalue weighted by Crippen LogP contribution is -2.51. The molecule has 0 heterocycles. The zero-order valence-electron chi connectivity index (χ0n) is 11.0. The van der Waals surface area contributed by atoms with Gasteiger partial charge in [0.1, 0.15) is 11.4 Å². The van der Waals surface area contributed by atoms with Gasteiger partial charge in [0.05, 0.1) is 4.90 Å². The van der Waals surface area contributed by atoms with Crippen LogP contribution in [0.5, 0.6) is 0 Å². The highest BCUT2D eigenvalue weighted by Crippen LogP contribution is 2.25. The first-order chi connectivity index (χ1) is 9.12. The number of benzene rings is 1. The third-order valence-electron chi connectivity index (χ3n) is 2.77. The Balaban J connectivity index is 3.20. The lowest BCUT2D eigenvalue weighted by Gasteiger charge is -2.25. The number of sulfonamides is 1. The van der Waals surface area contributed by atoms with Crippen molar-refractivity contribution in [3.63, 3.8) is 0 Å². The molecule has 0 saturated carbocycles. The van der Waals surface area contributed by atoms with E-state index in [1.165, 1.54) is 6.92 Å². The van der Waals surface area contributed by atoms with Crippen LogP contribution in [0.25, 0.3) is 0 Å². The van der Waals surface area contributed by atoms with Gasteiger partial charge in [-0.15, -0.1) is 0 Å². The fourth-order valence-corrected chi connectivity index (χ4v) is 4.19. The summed E-state index contributed by atoms with van der Waals surface area (Å²) in [5.41, 5.74) is -1.61. The Morgan fingerprint density at radius 2 is 2.10 bits per heavy atom. The largest absolute Gasteiger partial charge is 0.480 e. The molecule has 0 aromatic heterocycles. The molecular formula is C12H15BrFNO4S. The highest BCUT2D eigenvalue weighted by molar-refractivity contribution is 9.10. The topological polar surface area (TPSA) is 83.5 Å². The third-order valence-corrected chi connectivity index (χ3v) is 5.34. The Morgan fingerprint density at radius 1 is 1.50 bits per heavy atom. The Bertz CT molecular complexity index is 620. The summed E-state index contributed by atoms with van der Waals surface area (Å²) < 4.78 is 39.7. The van der Waals surface area contributed by atoms with Crippen LogP contribution in [0.4, 0.5) is 4.39 Å². The molecule has 0 spiro atoms. The van der Waals surface area contributed by atoms with Crippen molar-refractivity contribution in [2.45, 2.75) is 37.1 Å². The second kappa shape index (κ2) is 6.19. The van der Waals surface area contributed by atoms with Crippen LogP contribution >= 0.6 is 15.9 Å². The number of carboxylic acid groups (broad SMARTS) is 1. The maximum atomic E-state index is 13.0. The van der Waals surface area contributed by atoms with Crippen LogP contribution in [-0.4, -0.2) is 25.0 Å². The number of aliphatic carboxylic acids is 1. The monoisotopic (exact) mass is 367 g/mol. The van der Waals surface area contributed by atoms with Crippen molar-refractivity contribution in [2.75, 3.05) is 0 Å². The first-order valence-corrected chi connectivity index (χ1v) is 8.12. The third kappa shape index (κ3) is 3.77. The SMILES string of the molecule is CCCC(C)(NS(=O)(=O)c1ccc(F)cc1Br)C(=O)O. The number of halogens is 2. The lowest BCUT2D eigenvalue weighted by atomic mass is 9.98. The van der Waals surface area contributed by atoms with Crippen LogP contribution in [0.3, 0.4) is 0 Å². The van der Waals surface area contributed by atoms with Gasteiger partial charge < -0.3 is 5.11 Å². The van der Waals surface area contributed by atoms with Crippen molar-refractivity contribution in [3.8, 4) is 0 Å². The van der Waals surface area contributed by atoms with Crippen molar-refractivity contribution in [1.29, 1.82) is 0 Å². The minimum atomic E-state index is -4.08. The predicted molar refractivity (Wildman–Crippen MR) is 75.4 cm³/mol. The molecule has 5 nitrogen and oxygen atoms in total. The molecule has 112 valence electrons. The molecule has 0 saturated heterocycles. The molecule has 1 atom stereocenters. The smallest absolute Gasteiger partial charge is 0.324 e. The number of hydrogen-bond acceptors (Lipinski definition) is 3. The van der Waals surface area contributed by atoms with Gasteiger partial charge in [-0.05, 0) is 47.5 Å². The number of hydrogen-bond donors (Lipinski definition) is 2. The fourth-order valence-electron chi connectivity index (χ4n) is 1.75. The summed E-state index contributed by atoms with van der Waals surface area (Å²) in [6, 6.07) is 3.08. The van der Waals surface area contributed by atoms with Gasteiger partial charge in [-0.1, -0.05) is 13.3 Å². The fraction of sp³-hybridized carbons (Fsp3) is 0.417. The molecule has 0 aliphatic carbocycles. The van der Waals surface area contributed by atoms with Crippen molar-refractivity contribution in [1.82, 2.24) is 4.72 Å². The molecule has 8 heteroatoms. The lowest BCUT2D eigenvalue weighted by molar-refractivity contribution is -0.143. The Labute approximate surface area is 125 Å². The van der Waals surface area contributed by atoms with Crippen LogP contribution in [0, 0.1) is 5.82 Å². The van der Waals surface area contributed by atoms with E-state index in [0.29, 0.717) is 6.42 Å². The van der Waals surface area contributed by atoms with Crippen molar-refractivity contribution >= 4 is 31.9 Å². The molecule has 1 unspecified atom stereocenters. The maximum Gasteiger partial charge on any atom is 0.324 e. The summed E-state index contributed by atoms with van der Waals surface area (Å²) in [6.45, 7) is 3.05. The van der Waals surface area contributed by atoms with Gasteiger partial charge in [0.2, 0.25) is 10.0 Å². The molecule has 0 aliphatic heterocycles. The molecule has 0 radical (unpaired) electrons. The van der Waals surface area contributed by atoms with Gasteiger partial charge >= 0.3 is 5.97 Å². The van der Waals surface area contributed by atoms with E-state index in [4.69, 9.17) is 0 Å². The van der Waals surface area contributed by atoms with Gasteiger partial charge in [-0.3, -0.25) is 4.79 Å². The van der Waals surface area contributed by atoms with E-state index in [1.807, 2.05) is 0 Å². The Morgan fingerprint density at radius 3 is 2.55 bits per heavy atom. The van der Waals surface area contributed by atoms with Crippen LogP contribution < -0.4 is 4.72 Å². The van der Waals surface area contributed by atoms with Crippen molar-refractivity contribution < 1.29 is 22.7 Å². The van der Waals surface area contributed by atoms with E-state index in [9.17, 15) is 22.7 Å². The van der Waals surface area contributed by atoms with Crippen molar-refractivity contribution in [2.24, 2.45) is 0 Å².